The second-order valence-corrected chi connectivity index (χ2v) is 4.17. The van der Waals surface area contributed by atoms with Crippen LogP contribution in [0.25, 0.3) is 0 Å². The molecule has 0 spiro atoms. The van der Waals surface area contributed by atoms with E-state index in [4.69, 9.17) is 5.73 Å². The number of rotatable bonds is 4. The van der Waals surface area contributed by atoms with Gasteiger partial charge in [-0.05, 0) is 12.5 Å². The Bertz CT molecular complexity index is 343. The highest BCUT2D eigenvalue weighted by molar-refractivity contribution is 5.85. The maximum absolute atomic E-state index is 11.9. The van der Waals surface area contributed by atoms with Crippen LogP contribution in [-0.4, -0.2) is 24.4 Å². The number of amides is 1. The van der Waals surface area contributed by atoms with Crippen molar-refractivity contribution in [2.24, 2.45) is 11.7 Å². The molecule has 2 N–H and O–H groups in total. The summed E-state index contributed by atoms with van der Waals surface area (Å²) in [5.41, 5.74) is 6.64. The Labute approximate surface area is 109 Å². The van der Waals surface area contributed by atoms with Crippen LogP contribution in [0.2, 0.25) is 0 Å². The maximum atomic E-state index is 11.9. The lowest BCUT2D eigenvalue weighted by Gasteiger charge is -2.27. The topological polar surface area (TPSA) is 46.3 Å². The number of carbonyl (C=O) groups excluding carboxylic acids is 1. The number of halogens is 1. The molecule has 0 saturated carbocycles. The molecule has 0 aromatic heterocycles. The predicted octanol–water partition coefficient (Wildman–Crippen LogP) is 2.22. The summed E-state index contributed by atoms with van der Waals surface area (Å²) in [5, 5.41) is 0. The van der Waals surface area contributed by atoms with Crippen molar-refractivity contribution in [1.29, 1.82) is 0 Å². The van der Waals surface area contributed by atoms with Gasteiger partial charge in [-0.2, -0.15) is 0 Å². The molecular weight excluding hydrogens is 236 g/mol. The molecule has 0 bridgehead atoms. The Hall–Kier alpha value is -1.06. The van der Waals surface area contributed by atoms with Gasteiger partial charge in [0.1, 0.15) is 0 Å². The molecule has 0 aliphatic carbocycles. The fraction of sp³-hybridized carbons (Fsp3) is 0.462. The lowest BCUT2D eigenvalue weighted by Crippen LogP contribution is -2.36. The average Bonchev–Trinajstić information content (AvgIpc) is 2.36. The Kier molecular flexibility index (Phi) is 6.85. The lowest BCUT2D eigenvalue weighted by atomic mass is 10.1. The second kappa shape index (κ2) is 7.30. The first kappa shape index (κ1) is 15.9. The van der Waals surface area contributed by atoms with Crippen LogP contribution in [0.5, 0.6) is 0 Å². The van der Waals surface area contributed by atoms with Gasteiger partial charge in [0, 0.05) is 19.5 Å². The van der Waals surface area contributed by atoms with E-state index >= 15 is 0 Å². The highest BCUT2D eigenvalue weighted by Gasteiger charge is 2.21. The summed E-state index contributed by atoms with van der Waals surface area (Å²) in [6, 6.07) is 10.1. The van der Waals surface area contributed by atoms with E-state index in [0.29, 0.717) is 6.54 Å². The van der Waals surface area contributed by atoms with Crippen LogP contribution in [0, 0.1) is 5.92 Å². The Morgan fingerprint density at radius 1 is 1.29 bits per heavy atom. The molecule has 2 unspecified atom stereocenters. The quantitative estimate of drug-likeness (QED) is 0.898. The molecule has 0 aliphatic heterocycles. The summed E-state index contributed by atoms with van der Waals surface area (Å²) in [6.45, 7) is 4.28. The number of nitrogens with two attached hydrogens (primary N) is 1. The van der Waals surface area contributed by atoms with Crippen molar-refractivity contribution in [2.45, 2.75) is 19.9 Å². The normalized spacial score (nSPS) is 13.4. The van der Waals surface area contributed by atoms with Crippen molar-refractivity contribution in [3.8, 4) is 0 Å². The highest BCUT2D eigenvalue weighted by Crippen LogP contribution is 2.19. The Morgan fingerprint density at radius 3 is 2.29 bits per heavy atom. The van der Waals surface area contributed by atoms with E-state index in [0.717, 1.165) is 5.56 Å². The molecule has 96 valence electrons. The monoisotopic (exact) mass is 256 g/mol. The zero-order chi connectivity index (χ0) is 12.1. The minimum atomic E-state index is -0.115. The van der Waals surface area contributed by atoms with Crippen LogP contribution in [0.3, 0.4) is 0 Å². The minimum Gasteiger partial charge on any atom is -0.339 e. The number of nitrogens with zero attached hydrogens (tertiary/aromatic N) is 1. The third-order valence-electron chi connectivity index (χ3n) is 2.99. The summed E-state index contributed by atoms with van der Waals surface area (Å²) in [4.78, 5) is 13.7. The largest absolute Gasteiger partial charge is 0.339 e. The van der Waals surface area contributed by atoms with Crippen LogP contribution in [0.15, 0.2) is 30.3 Å². The van der Waals surface area contributed by atoms with Gasteiger partial charge >= 0.3 is 0 Å². The predicted molar refractivity (Wildman–Crippen MR) is 73.1 cm³/mol. The maximum Gasteiger partial charge on any atom is 0.226 e. The van der Waals surface area contributed by atoms with Gasteiger partial charge in [-0.1, -0.05) is 37.3 Å². The molecular formula is C13H21ClN2O. The summed E-state index contributed by atoms with van der Waals surface area (Å²) in [6.07, 6.45) is 0. The van der Waals surface area contributed by atoms with Crippen LogP contribution in [0.1, 0.15) is 25.5 Å². The molecule has 1 rings (SSSR count). The van der Waals surface area contributed by atoms with E-state index in [1.54, 1.807) is 4.90 Å². The molecule has 0 radical (unpaired) electrons. The first-order valence-electron chi connectivity index (χ1n) is 5.59. The molecule has 1 aromatic carbocycles. The number of hydrogen-bond acceptors (Lipinski definition) is 2. The van der Waals surface area contributed by atoms with Crippen LogP contribution >= 0.6 is 12.4 Å². The third kappa shape index (κ3) is 4.02. The van der Waals surface area contributed by atoms with Crippen molar-refractivity contribution in [3.05, 3.63) is 35.9 Å². The number of hydrogen-bond donors (Lipinski definition) is 1. The first-order valence-corrected chi connectivity index (χ1v) is 5.59. The highest BCUT2D eigenvalue weighted by atomic mass is 35.5. The van der Waals surface area contributed by atoms with E-state index < -0.39 is 0 Å². The average molecular weight is 257 g/mol. The number of benzene rings is 1. The van der Waals surface area contributed by atoms with Gasteiger partial charge in [0.25, 0.3) is 0 Å². The third-order valence-corrected chi connectivity index (χ3v) is 2.99. The van der Waals surface area contributed by atoms with E-state index in [1.807, 2.05) is 51.2 Å². The smallest absolute Gasteiger partial charge is 0.226 e. The first-order chi connectivity index (χ1) is 7.57. The van der Waals surface area contributed by atoms with Crippen molar-refractivity contribution in [1.82, 2.24) is 4.90 Å². The van der Waals surface area contributed by atoms with Gasteiger partial charge in [0.2, 0.25) is 5.91 Å². The zero-order valence-corrected chi connectivity index (χ0v) is 11.4. The van der Waals surface area contributed by atoms with Gasteiger partial charge < -0.3 is 10.6 Å². The van der Waals surface area contributed by atoms with Crippen LogP contribution in [0.4, 0.5) is 0 Å². The molecule has 2 atom stereocenters. The van der Waals surface area contributed by atoms with E-state index in [1.165, 1.54) is 0 Å². The molecule has 1 amide bonds. The zero-order valence-electron chi connectivity index (χ0n) is 10.6. The molecule has 0 heterocycles. The van der Waals surface area contributed by atoms with E-state index in [-0.39, 0.29) is 30.3 Å². The van der Waals surface area contributed by atoms with Gasteiger partial charge in [0.15, 0.2) is 0 Å². The lowest BCUT2D eigenvalue weighted by molar-refractivity contribution is -0.135. The summed E-state index contributed by atoms with van der Waals surface area (Å²) < 4.78 is 0. The van der Waals surface area contributed by atoms with Gasteiger partial charge in [-0.25, -0.2) is 0 Å². The van der Waals surface area contributed by atoms with Crippen molar-refractivity contribution in [3.63, 3.8) is 0 Å². The van der Waals surface area contributed by atoms with E-state index in [2.05, 4.69) is 0 Å². The van der Waals surface area contributed by atoms with E-state index in [9.17, 15) is 4.79 Å². The Balaban J connectivity index is 0.00000256. The summed E-state index contributed by atoms with van der Waals surface area (Å²) >= 11 is 0. The molecule has 3 nitrogen and oxygen atoms in total. The number of carbonyl (C=O) groups is 1. The molecule has 0 fully saturated rings. The summed E-state index contributed by atoms with van der Waals surface area (Å²) in [7, 11) is 1.83. The van der Waals surface area contributed by atoms with Crippen molar-refractivity contribution >= 4 is 18.3 Å². The minimum absolute atomic E-state index is 0. The van der Waals surface area contributed by atoms with Crippen LogP contribution < -0.4 is 5.73 Å². The fourth-order valence-corrected chi connectivity index (χ4v) is 1.59. The van der Waals surface area contributed by atoms with Crippen molar-refractivity contribution in [2.75, 3.05) is 13.6 Å². The second-order valence-electron chi connectivity index (χ2n) is 4.17. The van der Waals surface area contributed by atoms with Gasteiger partial charge in [0.05, 0.1) is 6.04 Å². The molecule has 17 heavy (non-hydrogen) atoms. The Morgan fingerprint density at radius 2 is 1.82 bits per heavy atom. The molecule has 4 heteroatoms. The molecule has 0 aliphatic rings. The summed E-state index contributed by atoms with van der Waals surface area (Å²) in [5.74, 6) is -0.0185. The standard InChI is InChI=1S/C13H20N2O.ClH/c1-10(9-14)13(16)15(3)11(2)12-7-5-4-6-8-12;/h4-8,10-11H,9,14H2,1-3H3;1H. The fourth-order valence-electron chi connectivity index (χ4n) is 1.59. The van der Waals surface area contributed by atoms with Gasteiger partial charge in [-0.3, -0.25) is 4.79 Å². The molecule has 0 saturated heterocycles. The SMILES string of the molecule is CC(CN)C(=O)N(C)C(C)c1ccccc1.Cl. The molecule has 1 aromatic rings. The van der Waals surface area contributed by atoms with Crippen LogP contribution in [-0.2, 0) is 4.79 Å². The van der Waals surface area contributed by atoms with Crippen molar-refractivity contribution < 1.29 is 4.79 Å². The van der Waals surface area contributed by atoms with Gasteiger partial charge in [-0.15, -0.1) is 12.4 Å².